The monoisotopic (exact) mass is 390 g/mol. The van der Waals surface area contributed by atoms with Crippen LogP contribution in [0.25, 0.3) is 10.9 Å². The van der Waals surface area contributed by atoms with E-state index in [-0.39, 0.29) is 17.9 Å². The van der Waals surface area contributed by atoms with E-state index >= 15 is 0 Å². The van der Waals surface area contributed by atoms with Crippen molar-refractivity contribution in [2.24, 2.45) is 0 Å². The third-order valence-corrected chi connectivity index (χ3v) is 5.90. The molecule has 1 N–H and O–H groups in total. The van der Waals surface area contributed by atoms with E-state index in [9.17, 15) is 9.59 Å². The fraction of sp³-hybridized carbons (Fsp3) is 0.364. The Morgan fingerprint density at radius 3 is 2.76 bits per heavy atom. The topological polar surface area (TPSA) is 88.3 Å². The number of nitrogens with zero attached hydrogens (tertiary/aromatic N) is 3. The molecule has 1 aromatic carbocycles. The molecule has 7 nitrogen and oxygen atoms in total. The number of fused-ring (bicyclic) bond motifs is 2. The van der Waals surface area contributed by atoms with Gasteiger partial charge >= 0.3 is 0 Å². The maximum absolute atomic E-state index is 13.2. The highest BCUT2D eigenvalue weighted by Crippen LogP contribution is 2.35. The van der Waals surface area contributed by atoms with Crippen LogP contribution < -0.4 is 5.32 Å². The molecule has 3 aromatic rings. The van der Waals surface area contributed by atoms with Crippen LogP contribution >= 0.6 is 0 Å². The van der Waals surface area contributed by atoms with E-state index < -0.39 is 0 Å². The number of pyridine rings is 1. The average molecular weight is 390 g/mol. The summed E-state index contributed by atoms with van der Waals surface area (Å²) in [6.07, 6.45) is 5.52. The van der Waals surface area contributed by atoms with Crippen LogP contribution in [0, 0.1) is 6.92 Å². The molecule has 1 aliphatic heterocycles. The van der Waals surface area contributed by atoms with Crippen molar-refractivity contribution in [3.8, 4) is 0 Å². The van der Waals surface area contributed by atoms with Crippen LogP contribution in [0.5, 0.6) is 0 Å². The smallest absolute Gasteiger partial charge is 0.273 e. The molecule has 0 unspecified atom stereocenters. The molecule has 2 aliphatic rings. The minimum atomic E-state index is -0.300. The number of benzene rings is 1. The lowest BCUT2D eigenvalue weighted by Crippen LogP contribution is -2.37. The molecule has 2 amide bonds. The van der Waals surface area contributed by atoms with Gasteiger partial charge in [0, 0.05) is 29.6 Å². The van der Waals surface area contributed by atoms with Gasteiger partial charge in [0.1, 0.15) is 11.5 Å². The van der Waals surface area contributed by atoms with Gasteiger partial charge in [0.05, 0.1) is 11.1 Å². The fourth-order valence-electron chi connectivity index (χ4n) is 4.51. The zero-order valence-corrected chi connectivity index (χ0v) is 16.3. The Hall–Kier alpha value is -3.22. The number of hydrogen-bond donors (Lipinski definition) is 1. The molecular weight excluding hydrogens is 368 g/mol. The summed E-state index contributed by atoms with van der Waals surface area (Å²) in [5.74, 6) is 0.606. The molecule has 7 heteroatoms. The second-order valence-electron chi connectivity index (χ2n) is 7.83. The Labute approximate surface area is 168 Å². The molecule has 29 heavy (non-hydrogen) atoms. The number of anilines is 1. The lowest BCUT2D eigenvalue weighted by atomic mass is 9.94. The number of carbonyl (C=O) groups is 2. The van der Waals surface area contributed by atoms with E-state index in [2.05, 4.69) is 15.5 Å². The molecule has 1 saturated carbocycles. The number of hydrogen-bond acceptors (Lipinski definition) is 5. The zero-order chi connectivity index (χ0) is 20.0. The van der Waals surface area contributed by atoms with Crippen LogP contribution in [0.4, 0.5) is 5.82 Å². The summed E-state index contributed by atoms with van der Waals surface area (Å²) in [6, 6.07) is 9.35. The first-order chi connectivity index (χ1) is 14.1. The highest BCUT2D eigenvalue weighted by molar-refractivity contribution is 6.16. The number of para-hydroxylation sites is 1. The van der Waals surface area contributed by atoms with Gasteiger partial charge < -0.3 is 14.7 Å². The average Bonchev–Trinajstić information content (AvgIpc) is 3.29. The maximum atomic E-state index is 13.2. The molecule has 0 bridgehead atoms. The summed E-state index contributed by atoms with van der Waals surface area (Å²) in [5, 5.41) is 7.41. The lowest BCUT2D eigenvalue weighted by Gasteiger charge is -2.30. The summed E-state index contributed by atoms with van der Waals surface area (Å²) < 4.78 is 5.06. The predicted octanol–water partition coefficient (Wildman–Crippen LogP) is 4.07. The van der Waals surface area contributed by atoms with E-state index in [1.807, 2.05) is 29.2 Å². The van der Waals surface area contributed by atoms with Gasteiger partial charge in [0.25, 0.3) is 11.8 Å². The van der Waals surface area contributed by atoms with Gasteiger partial charge in [0.2, 0.25) is 0 Å². The summed E-state index contributed by atoms with van der Waals surface area (Å²) in [6.45, 7) is 2.19. The normalized spacial score (nSPS) is 17.0. The molecule has 5 rings (SSSR count). The zero-order valence-electron chi connectivity index (χ0n) is 16.3. The van der Waals surface area contributed by atoms with Gasteiger partial charge in [-0.1, -0.05) is 42.6 Å². The summed E-state index contributed by atoms with van der Waals surface area (Å²) in [7, 11) is 0. The number of nitrogens with one attached hydrogen (secondary N) is 1. The van der Waals surface area contributed by atoms with E-state index in [0.29, 0.717) is 40.5 Å². The van der Waals surface area contributed by atoms with Crippen LogP contribution in [-0.4, -0.2) is 32.9 Å². The Kier molecular flexibility index (Phi) is 4.30. The first-order valence-corrected chi connectivity index (χ1v) is 10.1. The van der Waals surface area contributed by atoms with E-state index in [1.54, 1.807) is 13.0 Å². The molecule has 0 spiro atoms. The minimum absolute atomic E-state index is 0.0658. The largest absolute Gasteiger partial charge is 0.360 e. The standard InChI is InChI=1S/C22H22N4O3/c1-13-11-18(25-29-13)24-21(27)19-15-9-5-6-10-17(15)23-20-16(19)12-26(22(20)28)14-7-3-2-4-8-14/h5-6,9-11,14H,2-4,7-8,12H2,1H3,(H,24,25,27). The molecule has 3 heterocycles. The molecule has 0 atom stereocenters. The van der Waals surface area contributed by atoms with Crippen molar-refractivity contribution < 1.29 is 14.1 Å². The van der Waals surface area contributed by atoms with Gasteiger partial charge in [-0.15, -0.1) is 0 Å². The van der Waals surface area contributed by atoms with Crippen molar-refractivity contribution in [1.29, 1.82) is 0 Å². The molecule has 2 aromatic heterocycles. The molecule has 1 aliphatic carbocycles. The SMILES string of the molecule is Cc1cc(NC(=O)c2c3c(nc4ccccc24)C(=O)N(C2CCCCC2)C3)no1. The van der Waals surface area contributed by atoms with Gasteiger partial charge in [-0.25, -0.2) is 4.98 Å². The van der Waals surface area contributed by atoms with Crippen molar-refractivity contribution in [1.82, 2.24) is 15.0 Å². The number of rotatable bonds is 3. The molecular formula is C22H22N4O3. The third-order valence-electron chi connectivity index (χ3n) is 5.90. The molecule has 0 saturated heterocycles. The van der Waals surface area contributed by atoms with Crippen LogP contribution in [0.15, 0.2) is 34.9 Å². The fourth-order valence-corrected chi connectivity index (χ4v) is 4.51. The Morgan fingerprint density at radius 2 is 2.00 bits per heavy atom. The van der Waals surface area contributed by atoms with Crippen molar-refractivity contribution in [2.75, 3.05) is 5.32 Å². The number of amides is 2. The summed E-state index contributed by atoms with van der Waals surface area (Å²) in [5.41, 5.74) is 2.25. The number of carbonyl (C=O) groups excluding carboxylic acids is 2. The van der Waals surface area contributed by atoms with Gasteiger partial charge in [0.15, 0.2) is 5.82 Å². The van der Waals surface area contributed by atoms with Gasteiger partial charge in [-0.2, -0.15) is 0 Å². The van der Waals surface area contributed by atoms with Crippen molar-refractivity contribution in [3.05, 3.63) is 52.9 Å². The summed E-state index contributed by atoms with van der Waals surface area (Å²) >= 11 is 0. The Bertz CT molecular complexity index is 1110. The van der Waals surface area contributed by atoms with E-state index in [4.69, 9.17) is 4.52 Å². The predicted molar refractivity (Wildman–Crippen MR) is 108 cm³/mol. The second-order valence-corrected chi connectivity index (χ2v) is 7.83. The third kappa shape index (κ3) is 3.06. The quantitative estimate of drug-likeness (QED) is 0.728. The Morgan fingerprint density at radius 1 is 1.21 bits per heavy atom. The van der Waals surface area contributed by atoms with E-state index in [0.717, 1.165) is 31.1 Å². The first-order valence-electron chi connectivity index (χ1n) is 10.1. The van der Waals surface area contributed by atoms with Crippen molar-refractivity contribution in [3.63, 3.8) is 0 Å². The van der Waals surface area contributed by atoms with Crippen LogP contribution in [-0.2, 0) is 6.54 Å². The molecule has 148 valence electrons. The van der Waals surface area contributed by atoms with Gasteiger partial charge in [-0.05, 0) is 25.8 Å². The maximum Gasteiger partial charge on any atom is 0.273 e. The Balaban J connectivity index is 1.59. The summed E-state index contributed by atoms with van der Waals surface area (Å²) in [4.78, 5) is 33.0. The van der Waals surface area contributed by atoms with Crippen LogP contribution in [0.1, 0.15) is 64.3 Å². The van der Waals surface area contributed by atoms with Gasteiger partial charge in [-0.3, -0.25) is 9.59 Å². The van der Waals surface area contributed by atoms with Crippen molar-refractivity contribution >= 4 is 28.5 Å². The first kappa shape index (κ1) is 17.8. The highest BCUT2D eigenvalue weighted by atomic mass is 16.5. The molecule has 1 fully saturated rings. The number of aryl methyl sites for hydroxylation is 1. The minimum Gasteiger partial charge on any atom is -0.360 e. The van der Waals surface area contributed by atoms with Crippen molar-refractivity contribution in [2.45, 2.75) is 51.6 Å². The second kappa shape index (κ2) is 6.99. The van der Waals surface area contributed by atoms with E-state index in [1.165, 1.54) is 6.42 Å². The highest BCUT2D eigenvalue weighted by Gasteiger charge is 2.38. The van der Waals surface area contributed by atoms with Crippen LogP contribution in [0.2, 0.25) is 0 Å². The lowest BCUT2D eigenvalue weighted by molar-refractivity contribution is 0.0655. The molecule has 0 radical (unpaired) electrons. The number of aromatic nitrogens is 2. The van der Waals surface area contributed by atoms with Crippen LogP contribution in [0.3, 0.4) is 0 Å².